The summed E-state index contributed by atoms with van der Waals surface area (Å²) in [7, 11) is 1.28. The van der Waals surface area contributed by atoms with Crippen molar-refractivity contribution in [3.05, 3.63) is 12.2 Å². The fraction of sp³-hybridized carbons (Fsp3) is 0.750. The zero-order valence-corrected chi connectivity index (χ0v) is 17.0. The van der Waals surface area contributed by atoms with E-state index < -0.39 is 40.5 Å². The van der Waals surface area contributed by atoms with Gasteiger partial charge in [0.2, 0.25) is 0 Å². The molecule has 0 amide bonds. The van der Waals surface area contributed by atoms with Crippen LogP contribution in [0.4, 0.5) is 0 Å². The summed E-state index contributed by atoms with van der Waals surface area (Å²) in [6.07, 6.45) is 0.652. The minimum atomic E-state index is -1.07. The van der Waals surface area contributed by atoms with Gasteiger partial charge < -0.3 is 9.84 Å². The van der Waals surface area contributed by atoms with E-state index in [1.54, 1.807) is 20.8 Å². The van der Waals surface area contributed by atoms with Gasteiger partial charge in [-0.1, -0.05) is 34.3 Å². The van der Waals surface area contributed by atoms with Gasteiger partial charge in [-0.2, -0.15) is 0 Å². The van der Waals surface area contributed by atoms with Crippen LogP contribution in [-0.2, 0) is 19.1 Å². The van der Waals surface area contributed by atoms with Crippen LogP contribution in [0.1, 0.15) is 61.3 Å². The number of Topliss-reactive ketones (excluding diaryl/α,β-unsaturated/α-hetero) is 2. The van der Waals surface area contributed by atoms with E-state index in [9.17, 15) is 19.5 Å². The van der Waals surface area contributed by atoms with Crippen LogP contribution in [-0.4, -0.2) is 36.4 Å². The maximum atomic E-state index is 12.4. The van der Waals surface area contributed by atoms with E-state index in [0.717, 1.165) is 0 Å². The smallest absolute Gasteiger partial charge is 0.311 e. The molecule has 1 atom stereocenters. The lowest BCUT2D eigenvalue weighted by Crippen LogP contribution is -2.45. The van der Waals surface area contributed by atoms with Gasteiger partial charge in [-0.3, -0.25) is 14.4 Å². The lowest BCUT2D eigenvalue weighted by molar-refractivity contribution is -0.159. The molecular formula is C20H34O5. The zero-order chi connectivity index (χ0) is 20.2. The molecule has 0 aromatic heterocycles. The van der Waals surface area contributed by atoms with Gasteiger partial charge in [0.1, 0.15) is 6.61 Å². The molecule has 0 fully saturated rings. The molecule has 0 aliphatic heterocycles. The maximum Gasteiger partial charge on any atom is 0.311 e. The molecule has 0 saturated carbocycles. The van der Waals surface area contributed by atoms with Gasteiger partial charge in [0.25, 0.3) is 0 Å². The molecule has 0 heterocycles. The molecular weight excluding hydrogens is 320 g/mol. The lowest BCUT2D eigenvalue weighted by atomic mass is 9.58. The summed E-state index contributed by atoms with van der Waals surface area (Å²) in [5.41, 5.74) is -1.44. The lowest BCUT2D eigenvalue weighted by Gasteiger charge is -2.45. The molecule has 0 radical (unpaired) electrons. The molecule has 0 aromatic carbocycles. The number of ketones is 2. The minimum absolute atomic E-state index is 0.0182. The second-order valence-corrected chi connectivity index (χ2v) is 8.74. The van der Waals surface area contributed by atoms with Crippen LogP contribution in [0.5, 0.6) is 0 Å². The molecule has 1 N–H and O–H groups in total. The average molecular weight is 354 g/mol. The third kappa shape index (κ3) is 5.50. The van der Waals surface area contributed by atoms with Crippen molar-refractivity contribution in [1.29, 1.82) is 0 Å². The topological polar surface area (TPSA) is 80.7 Å². The van der Waals surface area contributed by atoms with Crippen molar-refractivity contribution < 1.29 is 24.2 Å². The third-order valence-corrected chi connectivity index (χ3v) is 5.75. The predicted octanol–water partition coefficient (Wildman–Crippen LogP) is 3.34. The Hall–Kier alpha value is -1.49. The Morgan fingerprint density at radius 2 is 1.52 bits per heavy atom. The van der Waals surface area contributed by atoms with Gasteiger partial charge in [0.15, 0.2) is 11.6 Å². The van der Waals surface area contributed by atoms with E-state index in [4.69, 9.17) is 4.74 Å². The van der Waals surface area contributed by atoms with Crippen molar-refractivity contribution in [2.24, 2.45) is 22.2 Å². The summed E-state index contributed by atoms with van der Waals surface area (Å²) >= 11 is 0. The van der Waals surface area contributed by atoms with Crippen LogP contribution >= 0.6 is 0 Å². The molecule has 0 aromatic rings. The van der Waals surface area contributed by atoms with Crippen LogP contribution in [0.3, 0.4) is 0 Å². The number of carbonyl (C=O) groups is 3. The Morgan fingerprint density at radius 1 is 1.04 bits per heavy atom. The van der Waals surface area contributed by atoms with Crippen LogP contribution in [0.25, 0.3) is 0 Å². The molecule has 0 rings (SSSR count). The Morgan fingerprint density at radius 3 is 1.88 bits per heavy atom. The first-order valence-electron chi connectivity index (χ1n) is 8.54. The molecule has 0 bridgehead atoms. The van der Waals surface area contributed by atoms with Crippen molar-refractivity contribution >= 4 is 17.5 Å². The Kier molecular flexibility index (Phi) is 7.77. The molecule has 0 aliphatic carbocycles. The Balaban J connectivity index is 5.73. The van der Waals surface area contributed by atoms with Crippen LogP contribution in [0, 0.1) is 22.2 Å². The monoisotopic (exact) mass is 354 g/mol. The van der Waals surface area contributed by atoms with E-state index in [1.165, 1.54) is 7.11 Å². The highest BCUT2D eigenvalue weighted by molar-refractivity contribution is 5.94. The fourth-order valence-electron chi connectivity index (χ4n) is 2.87. The summed E-state index contributed by atoms with van der Waals surface area (Å²) in [5, 5.41) is 9.37. The minimum Gasteiger partial charge on any atom is -0.469 e. The van der Waals surface area contributed by atoms with E-state index in [-0.39, 0.29) is 5.78 Å². The first kappa shape index (κ1) is 23.5. The molecule has 0 saturated heterocycles. The van der Waals surface area contributed by atoms with E-state index in [0.29, 0.717) is 18.4 Å². The number of esters is 1. The highest BCUT2D eigenvalue weighted by Crippen LogP contribution is 2.49. The first-order valence-corrected chi connectivity index (χ1v) is 8.54. The van der Waals surface area contributed by atoms with E-state index in [1.807, 2.05) is 27.7 Å². The number of methoxy groups -OCH3 is 1. The third-order valence-electron chi connectivity index (χ3n) is 5.75. The highest BCUT2D eigenvalue weighted by Gasteiger charge is 2.48. The van der Waals surface area contributed by atoms with Gasteiger partial charge in [0.05, 0.1) is 12.5 Å². The molecule has 5 heteroatoms. The van der Waals surface area contributed by atoms with Crippen LogP contribution in [0.15, 0.2) is 12.2 Å². The summed E-state index contributed by atoms with van der Waals surface area (Å²) in [6, 6.07) is 0. The maximum absolute atomic E-state index is 12.4. The van der Waals surface area contributed by atoms with E-state index in [2.05, 4.69) is 6.58 Å². The number of ether oxygens (including phenoxy) is 1. The van der Waals surface area contributed by atoms with Crippen molar-refractivity contribution in [3.8, 4) is 0 Å². The number of allylic oxidation sites excluding steroid dienone is 1. The number of hydrogen-bond donors (Lipinski definition) is 1. The summed E-state index contributed by atoms with van der Waals surface area (Å²) in [5.74, 6) is -1.62. The molecule has 5 nitrogen and oxygen atoms in total. The summed E-state index contributed by atoms with van der Waals surface area (Å²) in [4.78, 5) is 36.7. The van der Waals surface area contributed by atoms with Gasteiger partial charge in [0, 0.05) is 12.3 Å². The quantitative estimate of drug-likeness (QED) is 0.481. The fourth-order valence-corrected chi connectivity index (χ4v) is 2.87. The zero-order valence-electron chi connectivity index (χ0n) is 17.0. The average Bonchev–Trinajstić information content (AvgIpc) is 2.49. The predicted molar refractivity (Wildman–Crippen MR) is 98.0 cm³/mol. The second-order valence-electron chi connectivity index (χ2n) is 8.74. The Labute approximate surface area is 151 Å². The van der Waals surface area contributed by atoms with Crippen molar-refractivity contribution in [3.63, 3.8) is 0 Å². The number of hydrogen-bond acceptors (Lipinski definition) is 5. The largest absolute Gasteiger partial charge is 0.469 e. The van der Waals surface area contributed by atoms with Crippen molar-refractivity contribution in [2.75, 3.05) is 13.7 Å². The molecule has 144 valence electrons. The second kappa shape index (κ2) is 8.26. The summed E-state index contributed by atoms with van der Waals surface area (Å²) < 4.78 is 4.85. The first-order chi connectivity index (χ1) is 11.1. The van der Waals surface area contributed by atoms with Crippen LogP contribution < -0.4 is 0 Å². The number of aliphatic hydroxyl groups excluding tert-OH is 1. The van der Waals surface area contributed by atoms with Crippen LogP contribution in [0.2, 0.25) is 0 Å². The van der Waals surface area contributed by atoms with Crippen molar-refractivity contribution in [2.45, 2.75) is 61.3 Å². The molecule has 0 spiro atoms. The SMILES string of the molecule is C=C(C)C(=O)CC(C)(C)C(C)(C)CC(C(=O)CO)C(C)(C)C(=O)OC. The molecule has 25 heavy (non-hydrogen) atoms. The van der Waals surface area contributed by atoms with Crippen molar-refractivity contribution in [1.82, 2.24) is 0 Å². The standard InChI is InChI=1S/C20H34O5/c1-13(2)15(22)11-19(5,6)18(3,4)10-14(16(23)12-21)20(7,8)17(24)25-9/h14,21H,1,10-12H2,2-9H3. The van der Waals surface area contributed by atoms with Gasteiger partial charge in [-0.05, 0) is 43.6 Å². The highest BCUT2D eigenvalue weighted by atomic mass is 16.5. The molecule has 1 unspecified atom stereocenters. The van der Waals surface area contributed by atoms with Gasteiger partial charge in [-0.15, -0.1) is 0 Å². The van der Waals surface area contributed by atoms with Gasteiger partial charge in [-0.25, -0.2) is 0 Å². The normalized spacial score (nSPS) is 14.0. The Bertz CT molecular complexity index is 540. The van der Waals surface area contributed by atoms with Gasteiger partial charge >= 0.3 is 5.97 Å². The molecule has 0 aliphatic rings. The summed E-state index contributed by atoms with van der Waals surface area (Å²) in [6.45, 7) is 16.0. The number of carbonyl (C=O) groups excluding carboxylic acids is 3. The number of rotatable bonds is 10. The van der Waals surface area contributed by atoms with E-state index >= 15 is 0 Å². The number of aliphatic hydroxyl groups is 1.